The third-order valence-electron chi connectivity index (χ3n) is 5.30. The SMILES string of the molecule is COCCNC(=O)C(C#N)CCc1cccc(OCCC(=O)N[C@@H](Cc2ccccc2)B(O)O)c1. The fraction of sp³-hybridized carbons (Fsp3) is 0.400. The molecule has 0 aliphatic carbocycles. The second kappa shape index (κ2) is 15.5. The molecule has 10 heteroatoms. The van der Waals surface area contributed by atoms with Gasteiger partial charge in [-0.15, -0.1) is 0 Å². The number of carbonyl (C=O) groups excluding carboxylic acids is 2. The van der Waals surface area contributed by atoms with E-state index in [2.05, 4.69) is 10.6 Å². The van der Waals surface area contributed by atoms with E-state index in [1.807, 2.05) is 54.6 Å². The van der Waals surface area contributed by atoms with Gasteiger partial charge in [0.25, 0.3) is 0 Å². The van der Waals surface area contributed by atoms with Crippen molar-refractivity contribution >= 4 is 18.9 Å². The predicted molar refractivity (Wildman–Crippen MR) is 131 cm³/mol. The Labute approximate surface area is 206 Å². The molecule has 35 heavy (non-hydrogen) atoms. The minimum atomic E-state index is -1.68. The van der Waals surface area contributed by atoms with E-state index in [9.17, 15) is 24.9 Å². The van der Waals surface area contributed by atoms with E-state index in [-0.39, 0.29) is 24.8 Å². The highest BCUT2D eigenvalue weighted by Crippen LogP contribution is 2.17. The first kappa shape index (κ1) is 27.9. The third kappa shape index (κ3) is 10.6. The normalized spacial score (nSPS) is 12.2. The van der Waals surface area contributed by atoms with Gasteiger partial charge < -0.3 is 30.2 Å². The average Bonchev–Trinajstić information content (AvgIpc) is 2.85. The number of nitriles is 1. The first-order valence-electron chi connectivity index (χ1n) is 11.5. The first-order valence-corrected chi connectivity index (χ1v) is 11.5. The molecule has 2 aromatic rings. The van der Waals surface area contributed by atoms with Crippen LogP contribution in [0.25, 0.3) is 0 Å². The number of aryl methyl sites for hydroxylation is 1. The van der Waals surface area contributed by atoms with Gasteiger partial charge in [0, 0.05) is 13.7 Å². The number of carbonyl (C=O) groups is 2. The number of amides is 2. The Hall–Kier alpha value is -3.39. The molecular weight excluding hydrogens is 449 g/mol. The second-order valence-corrected chi connectivity index (χ2v) is 8.03. The molecule has 0 heterocycles. The Balaban J connectivity index is 1.79. The number of benzene rings is 2. The van der Waals surface area contributed by atoms with Gasteiger partial charge in [-0.05, 0) is 42.5 Å². The zero-order valence-electron chi connectivity index (χ0n) is 19.9. The molecule has 0 saturated heterocycles. The molecule has 4 N–H and O–H groups in total. The molecule has 0 spiro atoms. The van der Waals surface area contributed by atoms with Crippen LogP contribution in [0.3, 0.4) is 0 Å². The van der Waals surface area contributed by atoms with E-state index >= 15 is 0 Å². The zero-order chi connectivity index (χ0) is 25.5. The fourth-order valence-electron chi connectivity index (χ4n) is 3.40. The van der Waals surface area contributed by atoms with Crippen LogP contribution >= 0.6 is 0 Å². The Bertz CT molecular complexity index is 967. The summed E-state index contributed by atoms with van der Waals surface area (Å²) in [6.07, 6.45) is 1.22. The summed E-state index contributed by atoms with van der Waals surface area (Å²) in [4.78, 5) is 24.4. The minimum Gasteiger partial charge on any atom is -0.493 e. The molecule has 1 unspecified atom stereocenters. The summed E-state index contributed by atoms with van der Waals surface area (Å²) in [7, 11) is -0.145. The summed E-state index contributed by atoms with van der Waals surface area (Å²) in [6.45, 7) is 0.849. The van der Waals surface area contributed by atoms with Crippen molar-refractivity contribution in [3.8, 4) is 11.8 Å². The Kier molecular flexibility index (Phi) is 12.3. The molecule has 2 rings (SSSR count). The number of hydrogen-bond donors (Lipinski definition) is 4. The van der Waals surface area contributed by atoms with Crippen molar-refractivity contribution in [2.45, 2.75) is 31.6 Å². The van der Waals surface area contributed by atoms with Gasteiger partial charge in [-0.25, -0.2) is 0 Å². The number of methoxy groups -OCH3 is 1. The van der Waals surface area contributed by atoms with Crippen molar-refractivity contribution in [1.82, 2.24) is 10.6 Å². The molecule has 2 atom stereocenters. The highest BCUT2D eigenvalue weighted by molar-refractivity contribution is 6.43. The average molecular weight is 481 g/mol. The lowest BCUT2D eigenvalue weighted by Crippen LogP contribution is -2.48. The molecule has 0 aliphatic rings. The fourth-order valence-corrected chi connectivity index (χ4v) is 3.40. The first-order chi connectivity index (χ1) is 16.9. The number of nitrogens with zero attached hydrogens (tertiary/aromatic N) is 1. The lowest BCUT2D eigenvalue weighted by atomic mass is 9.76. The molecule has 0 aromatic heterocycles. The van der Waals surface area contributed by atoms with Crippen molar-refractivity contribution in [2.24, 2.45) is 5.92 Å². The van der Waals surface area contributed by atoms with E-state index in [4.69, 9.17) is 9.47 Å². The molecule has 186 valence electrons. The third-order valence-corrected chi connectivity index (χ3v) is 5.30. The van der Waals surface area contributed by atoms with Gasteiger partial charge >= 0.3 is 7.12 Å². The molecular formula is C25H32BN3O6. The summed E-state index contributed by atoms with van der Waals surface area (Å²) < 4.78 is 10.6. The van der Waals surface area contributed by atoms with Crippen LogP contribution in [0, 0.1) is 17.2 Å². The van der Waals surface area contributed by atoms with E-state index < -0.39 is 19.0 Å². The molecule has 0 saturated carbocycles. The Morgan fingerprint density at radius 1 is 1.09 bits per heavy atom. The van der Waals surface area contributed by atoms with Gasteiger partial charge in [-0.2, -0.15) is 5.26 Å². The number of nitrogens with one attached hydrogen (secondary N) is 2. The van der Waals surface area contributed by atoms with E-state index in [0.717, 1.165) is 11.1 Å². The molecule has 0 radical (unpaired) electrons. The van der Waals surface area contributed by atoms with Gasteiger partial charge in [0.2, 0.25) is 11.8 Å². The van der Waals surface area contributed by atoms with Crippen LogP contribution in [0.4, 0.5) is 0 Å². The van der Waals surface area contributed by atoms with Crippen LogP contribution < -0.4 is 15.4 Å². The summed E-state index contributed by atoms with van der Waals surface area (Å²) in [5.74, 6) is -1.69. The van der Waals surface area contributed by atoms with E-state index in [0.29, 0.717) is 38.2 Å². The summed E-state index contributed by atoms with van der Waals surface area (Å²) in [5, 5.41) is 33.8. The van der Waals surface area contributed by atoms with Gasteiger partial charge in [0.05, 0.1) is 31.6 Å². The minimum absolute atomic E-state index is 0.0421. The maximum Gasteiger partial charge on any atom is 0.475 e. The lowest BCUT2D eigenvalue weighted by Gasteiger charge is -2.18. The smallest absolute Gasteiger partial charge is 0.475 e. The number of rotatable bonds is 15. The number of hydrogen-bond acceptors (Lipinski definition) is 7. The predicted octanol–water partition coefficient (Wildman–Crippen LogP) is 1.03. The Morgan fingerprint density at radius 2 is 1.83 bits per heavy atom. The maximum absolute atomic E-state index is 12.3. The van der Waals surface area contributed by atoms with Gasteiger partial charge in [-0.3, -0.25) is 9.59 Å². The van der Waals surface area contributed by atoms with Crippen LogP contribution in [0.2, 0.25) is 0 Å². The summed E-state index contributed by atoms with van der Waals surface area (Å²) >= 11 is 0. The lowest BCUT2D eigenvalue weighted by molar-refractivity contribution is -0.124. The quantitative estimate of drug-likeness (QED) is 0.220. The van der Waals surface area contributed by atoms with Gasteiger partial charge in [-0.1, -0.05) is 42.5 Å². The van der Waals surface area contributed by atoms with Gasteiger partial charge in [0.15, 0.2) is 0 Å². The monoisotopic (exact) mass is 481 g/mol. The van der Waals surface area contributed by atoms with E-state index in [1.54, 1.807) is 6.07 Å². The van der Waals surface area contributed by atoms with Crippen molar-refractivity contribution in [1.29, 1.82) is 5.26 Å². The summed E-state index contributed by atoms with van der Waals surface area (Å²) in [6, 6.07) is 18.6. The largest absolute Gasteiger partial charge is 0.493 e. The molecule has 9 nitrogen and oxygen atoms in total. The number of ether oxygens (including phenoxy) is 2. The molecule has 2 amide bonds. The topological polar surface area (TPSA) is 141 Å². The van der Waals surface area contributed by atoms with E-state index in [1.165, 1.54) is 7.11 Å². The van der Waals surface area contributed by atoms with Gasteiger partial charge in [0.1, 0.15) is 11.7 Å². The van der Waals surface area contributed by atoms with Crippen molar-refractivity contribution in [3.05, 3.63) is 65.7 Å². The second-order valence-electron chi connectivity index (χ2n) is 8.03. The van der Waals surface area contributed by atoms with Crippen molar-refractivity contribution in [2.75, 3.05) is 26.9 Å². The highest BCUT2D eigenvalue weighted by Gasteiger charge is 2.25. The van der Waals surface area contributed by atoms with Crippen LogP contribution in [-0.2, 0) is 27.2 Å². The zero-order valence-corrected chi connectivity index (χ0v) is 19.9. The molecule has 2 aromatic carbocycles. The van der Waals surface area contributed by atoms with Crippen LogP contribution in [-0.4, -0.2) is 61.8 Å². The maximum atomic E-state index is 12.3. The van der Waals surface area contributed by atoms with Crippen molar-refractivity contribution in [3.63, 3.8) is 0 Å². The highest BCUT2D eigenvalue weighted by atomic mass is 16.5. The molecule has 0 bridgehead atoms. The molecule has 0 aliphatic heterocycles. The van der Waals surface area contributed by atoms with Crippen molar-refractivity contribution < 1.29 is 29.1 Å². The van der Waals surface area contributed by atoms with Crippen LogP contribution in [0.1, 0.15) is 24.0 Å². The standard InChI is InChI=1S/C25H32BN3O6/c1-34-15-13-28-25(31)21(18-27)11-10-20-8-5-9-22(16-20)35-14-12-24(30)29-23(26(32)33)17-19-6-3-2-4-7-19/h2-9,16,21,23,32-33H,10-15,17H2,1H3,(H,28,31)(H,29,30)/t21?,23-/m0/s1. The summed E-state index contributed by atoms with van der Waals surface area (Å²) in [5.41, 5.74) is 1.79. The molecule has 0 fully saturated rings. The van der Waals surface area contributed by atoms with Crippen LogP contribution in [0.15, 0.2) is 54.6 Å². The van der Waals surface area contributed by atoms with Crippen LogP contribution in [0.5, 0.6) is 5.75 Å². The Morgan fingerprint density at radius 3 is 2.51 bits per heavy atom.